The van der Waals surface area contributed by atoms with Gasteiger partial charge in [-0.1, -0.05) is 11.6 Å². The summed E-state index contributed by atoms with van der Waals surface area (Å²) in [6, 6.07) is 0.0707. The van der Waals surface area contributed by atoms with Crippen molar-refractivity contribution in [3.8, 4) is 0 Å². The van der Waals surface area contributed by atoms with E-state index in [0.717, 1.165) is 29.4 Å². The van der Waals surface area contributed by atoms with Gasteiger partial charge in [0.2, 0.25) is 0 Å². The topological polar surface area (TPSA) is 65.1 Å². The molecule has 0 amide bonds. The Labute approximate surface area is 125 Å². The van der Waals surface area contributed by atoms with Crippen LogP contribution in [0.5, 0.6) is 0 Å². The van der Waals surface area contributed by atoms with Crippen LogP contribution in [0.4, 0.5) is 0 Å². The number of aryl methyl sites for hydroxylation is 2. The minimum absolute atomic E-state index is 0.0707. The highest BCUT2D eigenvalue weighted by Crippen LogP contribution is 2.37. The van der Waals surface area contributed by atoms with Gasteiger partial charge in [-0.2, -0.15) is 5.10 Å². The van der Waals surface area contributed by atoms with Gasteiger partial charge in [0.25, 0.3) is 0 Å². The first-order valence-corrected chi connectivity index (χ1v) is 7.79. The van der Waals surface area contributed by atoms with E-state index < -0.39 is 0 Å². The van der Waals surface area contributed by atoms with Crippen molar-refractivity contribution in [2.24, 2.45) is 11.8 Å². The summed E-state index contributed by atoms with van der Waals surface area (Å²) in [4.78, 5) is 0. The molecule has 2 rings (SSSR count). The lowest BCUT2D eigenvalue weighted by atomic mass is 10.0. The van der Waals surface area contributed by atoms with Crippen LogP contribution < -0.4 is 11.3 Å². The molecule has 0 saturated heterocycles. The Balaban J connectivity index is 2.16. The molecular weight excluding hydrogens is 276 g/mol. The fraction of sp³-hybridized carbons (Fsp3) is 0.786. The number of aromatic nitrogens is 2. The highest BCUT2D eigenvalue weighted by molar-refractivity contribution is 6.31. The molecule has 0 aromatic carbocycles. The van der Waals surface area contributed by atoms with Crippen molar-refractivity contribution < 1.29 is 4.74 Å². The average molecular weight is 301 g/mol. The van der Waals surface area contributed by atoms with E-state index in [-0.39, 0.29) is 12.1 Å². The second-order valence-corrected chi connectivity index (χ2v) is 5.77. The number of ether oxygens (including phenoxy) is 1. The molecule has 1 aromatic rings. The van der Waals surface area contributed by atoms with E-state index in [9.17, 15) is 0 Å². The summed E-state index contributed by atoms with van der Waals surface area (Å²) in [6.07, 6.45) is 3.35. The Morgan fingerprint density at radius 2 is 2.20 bits per heavy atom. The molecule has 114 valence electrons. The standard InChI is InChI=1S/C14H25ClN4O/c1-4-19-12(13(15)9(3)18-19)8-11(17-16)14(20-5-2)10-6-7-10/h10-11,14,17H,4-8,16H2,1-3H3. The zero-order valence-corrected chi connectivity index (χ0v) is 13.3. The number of nitrogens with two attached hydrogens (primary N) is 1. The molecule has 2 unspecified atom stereocenters. The quantitative estimate of drug-likeness (QED) is 0.570. The number of hydrazine groups is 1. The first-order chi connectivity index (χ1) is 9.62. The molecule has 1 heterocycles. The van der Waals surface area contributed by atoms with Crippen molar-refractivity contribution in [3.05, 3.63) is 16.4 Å². The zero-order chi connectivity index (χ0) is 14.7. The van der Waals surface area contributed by atoms with Gasteiger partial charge in [0.1, 0.15) is 0 Å². The van der Waals surface area contributed by atoms with Gasteiger partial charge in [-0.15, -0.1) is 0 Å². The predicted molar refractivity (Wildman–Crippen MR) is 80.6 cm³/mol. The summed E-state index contributed by atoms with van der Waals surface area (Å²) < 4.78 is 7.85. The molecule has 20 heavy (non-hydrogen) atoms. The van der Waals surface area contributed by atoms with Crippen LogP contribution in [0.15, 0.2) is 0 Å². The predicted octanol–water partition coefficient (Wildman–Crippen LogP) is 2.05. The first kappa shape index (κ1) is 15.8. The van der Waals surface area contributed by atoms with Crippen molar-refractivity contribution >= 4 is 11.6 Å². The average Bonchev–Trinajstić information content (AvgIpc) is 3.24. The van der Waals surface area contributed by atoms with Gasteiger partial charge in [0, 0.05) is 19.6 Å². The molecule has 5 nitrogen and oxygen atoms in total. The van der Waals surface area contributed by atoms with Gasteiger partial charge in [-0.05, 0) is 39.5 Å². The van der Waals surface area contributed by atoms with E-state index in [2.05, 4.69) is 17.4 Å². The number of rotatable bonds is 8. The van der Waals surface area contributed by atoms with Gasteiger partial charge in [-0.3, -0.25) is 16.0 Å². The summed E-state index contributed by atoms with van der Waals surface area (Å²) in [6.45, 7) is 7.54. The van der Waals surface area contributed by atoms with Crippen molar-refractivity contribution in [3.63, 3.8) is 0 Å². The fourth-order valence-electron chi connectivity index (χ4n) is 2.74. The van der Waals surface area contributed by atoms with Crippen molar-refractivity contribution in [2.75, 3.05) is 6.61 Å². The largest absolute Gasteiger partial charge is 0.377 e. The summed E-state index contributed by atoms with van der Waals surface area (Å²) in [5.41, 5.74) is 4.84. The summed E-state index contributed by atoms with van der Waals surface area (Å²) in [7, 11) is 0. The highest BCUT2D eigenvalue weighted by atomic mass is 35.5. The van der Waals surface area contributed by atoms with Crippen LogP contribution in [0.1, 0.15) is 38.1 Å². The van der Waals surface area contributed by atoms with Crippen LogP contribution in [-0.4, -0.2) is 28.5 Å². The molecule has 6 heteroatoms. The van der Waals surface area contributed by atoms with E-state index in [1.165, 1.54) is 12.8 Å². The molecule has 2 atom stereocenters. The fourth-order valence-corrected chi connectivity index (χ4v) is 2.95. The molecule has 1 aliphatic rings. The van der Waals surface area contributed by atoms with Gasteiger partial charge >= 0.3 is 0 Å². The third kappa shape index (κ3) is 3.34. The first-order valence-electron chi connectivity index (χ1n) is 7.41. The molecule has 0 radical (unpaired) electrons. The van der Waals surface area contributed by atoms with Gasteiger partial charge < -0.3 is 4.74 Å². The number of nitrogens with one attached hydrogen (secondary N) is 1. The lowest BCUT2D eigenvalue weighted by molar-refractivity contribution is 0.0187. The molecular formula is C14H25ClN4O. The molecule has 1 aromatic heterocycles. The summed E-state index contributed by atoms with van der Waals surface area (Å²) in [5.74, 6) is 6.38. The third-order valence-electron chi connectivity index (χ3n) is 3.92. The normalized spacial score (nSPS) is 18.2. The lowest BCUT2D eigenvalue weighted by Gasteiger charge is -2.26. The summed E-state index contributed by atoms with van der Waals surface area (Å²) >= 11 is 6.38. The van der Waals surface area contributed by atoms with Crippen LogP contribution in [0.3, 0.4) is 0 Å². The van der Waals surface area contributed by atoms with Gasteiger partial charge in [-0.25, -0.2) is 0 Å². The van der Waals surface area contributed by atoms with Crippen LogP contribution in [0, 0.1) is 12.8 Å². The van der Waals surface area contributed by atoms with E-state index in [1.807, 2.05) is 18.5 Å². The summed E-state index contributed by atoms with van der Waals surface area (Å²) in [5, 5.41) is 5.21. The smallest absolute Gasteiger partial charge is 0.0847 e. The zero-order valence-electron chi connectivity index (χ0n) is 12.5. The molecule has 1 saturated carbocycles. The highest BCUT2D eigenvalue weighted by Gasteiger charge is 2.37. The van der Waals surface area contributed by atoms with Crippen molar-refractivity contribution in [1.82, 2.24) is 15.2 Å². The Kier molecular flexibility index (Phi) is 5.43. The molecule has 0 spiro atoms. The van der Waals surface area contributed by atoms with E-state index in [0.29, 0.717) is 12.5 Å². The minimum Gasteiger partial charge on any atom is -0.377 e. The Hall–Kier alpha value is -0.620. The number of halogens is 1. The van der Waals surface area contributed by atoms with Crippen LogP contribution in [0.25, 0.3) is 0 Å². The molecule has 1 fully saturated rings. The van der Waals surface area contributed by atoms with E-state index in [4.69, 9.17) is 22.2 Å². The number of hydrogen-bond donors (Lipinski definition) is 2. The molecule has 3 N–H and O–H groups in total. The van der Waals surface area contributed by atoms with Gasteiger partial charge in [0.15, 0.2) is 0 Å². The SMILES string of the molecule is CCOC(C1CC1)C(Cc1c(Cl)c(C)nn1CC)NN. The van der Waals surface area contributed by atoms with E-state index in [1.54, 1.807) is 0 Å². The van der Waals surface area contributed by atoms with Crippen molar-refractivity contribution in [1.29, 1.82) is 0 Å². The van der Waals surface area contributed by atoms with Crippen LogP contribution in [0.2, 0.25) is 5.02 Å². The molecule has 0 aliphatic heterocycles. The number of hydrogen-bond acceptors (Lipinski definition) is 4. The molecule has 0 bridgehead atoms. The Morgan fingerprint density at radius 1 is 1.50 bits per heavy atom. The second kappa shape index (κ2) is 6.89. The van der Waals surface area contributed by atoms with Crippen LogP contribution in [-0.2, 0) is 17.7 Å². The number of nitrogens with zero attached hydrogens (tertiary/aromatic N) is 2. The second-order valence-electron chi connectivity index (χ2n) is 5.40. The van der Waals surface area contributed by atoms with E-state index >= 15 is 0 Å². The van der Waals surface area contributed by atoms with Gasteiger partial charge in [0.05, 0.1) is 28.6 Å². The minimum atomic E-state index is 0.0707. The maximum Gasteiger partial charge on any atom is 0.0847 e. The van der Waals surface area contributed by atoms with Crippen LogP contribution >= 0.6 is 11.6 Å². The monoisotopic (exact) mass is 300 g/mol. The Morgan fingerprint density at radius 3 is 2.70 bits per heavy atom. The molecule has 1 aliphatic carbocycles. The maximum atomic E-state index is 6.38. The lowest BCUT2D eigenvalue weighted by Crippen LogP contribution is -2.48. The van der Waals surface area contributed by atoms with Crippen molar-refractivity contribution in [2.45, 2.75) is 58.7 Å². The Bertz CT molecular complexity index is 445. The third-order valence-corrected chi connectivity index (χ3v) is 4.41. The maximum absolute atomic E-state index is 6.38.